The van der Waals surface area contributed by atoms with Crippen molar-refractivity contribution in [3.63, 3.8) is 0 Å². The molecule has 0 spiro atoms. The Morgan fingerprint density at radius 3 is 2.41 bits per heavy atom. The van der Waals surface area contributed by atoms with Crippen molar-refractivity contribution < 1.29 is 9.57 Å². The van der Waals surface area contributed by atoms with Crippen molar-refractivity contribution in [2.45, 2.75) is 0 Å². The van der Waals surface area contributed by atoms with E-state index in [1.54, 1.807) is 7.11 Å². The van der Waals surface area contributed by atoms with Gasteiger partial charge in [0.1, 0.15) is 25.2 Å². The third-order valence-electron chi connectivity index (χ3n) is 3.71. The Kier molecular flexibility index (Phi) is 4.11. The van der Waals surface area contributed by atoms with E-state index in [2.05, 4.69) is 28.3 Å². The zero-order valence-electron chi connectivity index (χ0n) is 13.2. The highest BCUT2D eigenvalue weighted by molar-refractivity contribution is 6.24. The van der Waals surface area contributed by atoms with Crippen molar-refractivity contribution in [1.29, 1.82) is 0 Å². The molecule has 0 fully saturated rings. The fourth-order valence-electron chi connectivity index (χ4n) is 2.65. The maximum Gasteiger partial charge on any atom is 0.120 e. The fourth-order valence-corrected chi connectivity index (χ4v) is 2.65. The molecule has 0 unspecified atom stereocenters. The van der Waals surface area contributed by atoms with E-state index in [1.165, 1.54) is 11.1 Å². The van der Waals surface area contributed by atoms with Gasteiger partial charge in [-0.2, -0.15) is 0 Å². The van der Waals surface area contributed by atoms with E-state index in [0.717, 1.165) is 29.1 Å². The molecule has 2 aromatic carbocycles. The van der Waals surface area contributed by atoms with Crippen LogP contribution in [0.15, 0.2) is 47.6 Å². The molecule has 2 aromatic rings. The van der Waals surface area contributed by atoms with Gasteiger partial charge in [-0.15, -0.1) is 0 Å². The lowest BCUT2D eigenvalue weighted by Gasteiger charge is -2.12. The summed E-state index contributed by atoms with van der Waals surface area (Å²) in [4.78, 5) is 7.13. The molecule has 0 heterocycles. The predicted molar refractivity (Wildman–Crippen MR) is 88.6 cm³/mol. The molecule has 0 saturated carbocycles. The van der Waals surface area contributed by atoms with Gasteiger partial charge in [-0.25, -0.2) is 0 Å². The van der Waals surface area contributed by atoms with Crippen LogP contribution in [0.2, 0.25) is 0 Å². The summed E-state index contributed by atoms with van der Waals surface area (Å²) in [5.74, 6) is 0.859. The van der Waals surface area contributed by atoms with Crippen molar-refractivity contribution >= 4 is 5.71 Å². The number of hydrogen-bond acceptors (Lipinski definition) is 4. The predicted octanol–water partition coefficient (Wildman–Crippen LogP) is 3.01. The molecule has 0 aliphatic heterocycles. The van der Waals surface area contributed by atoms with Crippen LogP contribution in [-0.2, 0) is 4.84 Å². The molecule has 0 saturated heterocycles. The number of oxime groups is 1. The van der Waals surface area contributed by atoms with Crippen molar-refractivity contribution in [1.82, 2.24) is 4.90 Å². The smallest absolute Gasteiger partial charge is 0.120 e. The normalized spacial score (nSPS) is 14.1. The molecule has 4 nitrogen and oxygen atoms in total. The third-order valence-corrected chi connectivity index (χ3v) is 3.71. The molecule has 1 aliphatic rings. The molecule has 0 amide bonds. The first-order valence-electron chi connectivity index (χ1n) is 7.33. The van der Waals surface area contributed by atoms with E-state index in [9.17, 15) is 0 Å². The van der Waals surface area contributed by atoms with Gasteiger partial charge in [0.2, 0.25) is 0 Å². The molecular formula is C18H20N2O2. The average Bonchev–Trinajstić information content (AvgIpc) is 2.82. The summed E-state index contributed by atoms with van der Waals surface area (Å²) in [7, 11) is 5.64. The first-order valence-corrected chi connectivity index (χ1v) is 7.33. The second-order valence-electron chi connectivity index (χ2n) is 5.53. The third kappa shape index (κ3) is 2.70. The van der Waals surface area contributed by atoms with E-state index >= 15 is 0 Å². The highest BCUT2D eigenvalue weighted by atomic mass is 16.6. The highest BCUT2D eigenvalue weighted by Gasteiger charge is 2.25. The standard InChI is InChI=1S/C18H20N2O2/c1-20(2)10-11-22-13-8-9-15-14-6-4-5-7-16(14)18(19-21-3)17(15)12-13/h4-9,12H,10-11H2,1-3H3/b19-18+. The summed E-state index contributed by atoms with van der Waals surface area (Å²) in [6, 6.07) is 14.4. The molecule has 0 N–H and O–H groups in total. The quantitative estimate of drug-likeness (QED) is 0.679. The Labute approximate surface area is 131 Å². The van der Waals surface area contributed by atoms with E-state index < -0.39 is 0 Å². The largest absolute Gasteiger partial charge is 0.492 e. The monoisotopic (exact) mass is 296 g/mol. The first kappa shape index (κ1) is 14.6. The van der Waals surface area contributed by atoms with Crippen molar-refractivity contribution in [2.75, 3.05) is 34.4 Å². The van der Waals surface area contributed by atoms with Crippen LogP contribution in [-0.4, -0.2) is 45.0 Å². The Balaban J connectivity index is 1.94. The van der Waals surface area contributed by atoms with E-state index in [4.69, 9.17) is 9.57 Å². The summed E-state index contributed by atoms with van der Waals surface area (Å²) < 4.78 is 5.83. The van der Waals surface area contributed by atoms with Crippen LogP contribution in [0.1, 0.15) is 11.1 Å². The maximum absolute atomic E-state index is 5.83. The minimum Gasteiger partial charge on any atom is -0.492 e. The lowest BCUT2D eigenvalue weighted by Crippen LogP contribution is -2.19. The van der Waals surface area contributed by atoms with Gasteiger partial charge in [0.15, 0.2) is 0 Å². The van der Waals surface area contributed by atoms with Crippen LogP contribution >= 0.6 is 0 Å². The van der Waals surface area contributed by atoms with Crippen LogP contribution in [0, 0.1) is 0 Å². The van der Waals surface area contributed by atoms with Crippen LogP contribution in [0.25, 0.3) is 11.1 Å². The number of fused-ring (bicyclic) bond motifs is 3. The van der Waals surface area contributed by atoms with Gasteiger partial charge in [-0.05, 0) is 43.4 Å². The summed E-state index contributed by atoms with van der Waals surface area (Å²) >= 11 is 0. The van der Waals surface area contributed by atoms with Crippen LogP contribution < -0.4 is 4.74 Å². The Hall–Kier alpha value is -2.33. The van der Waals surface area contributed by atoms with E-state index in [0.29, 0.717) is 6.61 Å². The maximum atomic E-state index is 5.83. The van der Waals surface area contributed by atoms with Crippen LogP contribution in [0.4, 0.5) is 0 Å². The lowest BCUT2D eigenvalue weighted by atomic mass is 10.1. The first-order chi connectivity index (χ1) is 10.7. The molecule has 4 heteroatoms. The van der Waals surface area contributed by atoms with Crippen molar-refractivity contribution in [3.8, 4) is 16.9 Å². The number of likely N-dealkylation sites (N-methyl/N-ethyl adjacent to an activating group) is 1. The number of ether oxygens (including phenoxy) is 1. The topological polar surface area (TPSA) is 34.1 Å². The summed E-state index contributed by atoms with van der Waals surface area (Å²) in [5, 5.41) is 4.21. The molecule has 1 aliphatic carbocycles. The van der Waals surface area contributed by atoms with Gasteiger partial charge in [0.25, 0.3) is 0 Å². The fraction of sp³-hybridized carbons (Fsp3) is 0.278. The highest BCUT2D eigenvalue weighted by Crippen LogP contribution is 2.38. The van der Waals surface area contributed by atoms with Crippen LogP contribution in [0.5, 0.6) is 5.75 Å². The van der Waals surface area contributed by atoms with Gasteiger partial charge in [-0.1, -0.05) is 29.4 Å². The molecule has 3 rings (SSSR count). The van der Waals surface area contributed by atoms with Crippen molar-refractivity contribution in [3.05, 3.63) is 53.6 Å². The number of hydrogen-bond donors (Lipinski definition) is 0. The molecule has 0 bridgehead atoms. The van der Waals surface area contributed by atoms with Crippen LogP contribution in [0.3, 0.4) is 0 Å². The van der Waals surface area contributed by atoms with Crippen molar-refractivity contribution in [2.24, 2.45) is 5.16 Å². The Morgan fingerprint density at radius 1 is 0.955 bits per heavy atom. The second kappa shape index (κ2) is 6.20. The zero-order chi connectivity index (χ0) is 15.5. The van der Waals surface area contributed by atoms with Gasteiger partial charge in [0, 0.05) is 17.7 Å². The summed E-state index contributed by atoms with van der Waals surface area (Å²) in [6.45, 7) is 1.55. The Bertz CT molecular complexity index is 708. The second-order valence-corrected chi connectivity index (χ2v) is 5.53. The Morgan fingerprint density at radius 2 is 1.68 bits per heavy atom. The minimum atomic E-state index is 0.662. The average molecular weight is 296 g/mol. The molecular weight excluding hydrogens is 276 g/mol. The van der Waals surface area contributed by atoms with Gasteiger partial charge >= 0.3 is 0 Å². The molecule has 0 aromatic heterocycles. The number of rotatable bonds is 5. The molecule has 22 heavy (non-hydrogen) atoms. The SMILES string of the molecule is CO/N=C1\c2ccccc2-c2ccc(OCCN(C)C)cc21. The van der Waals surface area contributed by atoms with Gasteiger partial charge in [-0.3, -0.25) is 0 Å². The molecule has 0 atom stereocenters. The molecule has 0 radical (unpaired) electrons. The van der Waals surface area contributed by atoms with Gasteiger partial charge < -0.3 is 14.5 Å². The number of benzene rings is 2. The molecule has 114 valence electrons. The summed E-state index contributed by atoms with van der Waals surface area (Å²) in [5.41, 5.74) is 5.39. The number of nitrogens with zero attached hydrogens (tertiary/aromatic N) is 2. The zero-order valence-corrected chi connectivity index (χ0v) is 13.2. The lowest BCUT2D eigenvalue weighted by molar-refractivity contribution is 0.214. The van der Waals surface area contributed by atoms with E-state index in [-0.39, 0.29) is 0 Å². The summed E-state index contributed by atoms with van der Waals surface area (Å²) in [6.07, 6.45) is 0. The van der Waals surface area contributed by atoms with E-state index in [1.807, 2.05) is 38.4 Å². The van der Waals surface area contributed by atoms with Gasteiger partial charge in [0.05, 0.1) is 0 Å². The minimum absolute atomic E-state index is 0.662.